The van der Waals surface area contributed by atoms with Crippen molar-refractivity contribution in [2.75, 3.05) is 26.7 Å². The fraction of sp³-hybridized carbons (Fsp3) is 0.405. The van der Waals surface area contributed by atoms with Gasteiger partial charge in [0.2, 0.25) is 59.3 Å². The number of nitrogens with one attached hydrogen (secondary N) is 9. The van der Waals surface area contributed by atoms with Crippen LogP contribution in [0.5, 0.6) is 51.7 Å². The van der Waals surface area contributed by atoms with Crippen LogP contribution in [0.4, 0.5) is 0 Å². The molecule has 0 spiro atoms. The van der Waals surface area contributed by atoms with Crippen molar-refractivity contribution < 1.29 is 117 Å². The number of primary amides is 1. The minimum atomic E-state index is -2.36. The molecule has 39 heteroatoms. The van der Waals surface area contributed by atoms with Crippen LogP contribution < -0.4 is 78.3 Å². The lowest BCUT2D eigenvalue weighted by molar-refractivity contribution is -0.334. The minimum absolute atomic E-state index is 0.0294. The lowest BCUT2D eigenvalue weighted by Gasteiger charge is -2.48. The normalized spacial score (nSPS) is 26.2. The summed E-state index contributed by atoms with van der Waals surface area (Å²) in [5, 5.41) is 131. The second-order valence-corrected chi connectivity index (χ2v) is 32.7. The molecule has 10 unspecified atom stereocenters. The van der Waals surface area contributed by atoms with Crippen LogP contribution in [0.3, 0.4) is 0 Å². The van der Waals surface area contributed by atoms with Crippen LogP contribution in [0.25, 0.3) is 11.1 Å². The summed E-state index contributed by atoms with van der Waals surface area (Å²) >= 11 is 26.8. The van der Waals surface area contributed by atoms with Gasteiger partial charge in [0, 0.05) is 42.2 Å². The zero-order valence-corrected chi connectivity index (χ0v) is 69.8. The Hall–Kier alpha value is -10.4. The summed E-state index contributed by atoms with van der Waals surface area (Å²) in [7, 11) is 1.48. The molecular weight excluding hydrogens is 1690 g/mol. The number of hydrogen-bond donors (Lipinski definition) is 20. The highest BCUT2D eigenvalue weighted by molar-refractivity contribution is 6.42. The molecule has 7 aliphatic heterocycles. The summed E-state index contributed by atoms with van der Waals surface area (Å²) in [6, 6.07) is 12.6. The van der Waals surface area contributed by atoms with E-state index in [1.54, 1.807) is 56.3 Å². The van der Waals surface area contributed by atoms with Crippen LogP contribution in [0, 0.1) is 5.92 Å². The number of halogens is 4. The van der Waals surface area contributed by atoms with Crippen LogP contribution in [0.15, 0.2) is 121 Å². The van der Waals surface area contributed by atoms with E-state index in [-0.39, 0.29) is 89.3 Å². The van der Waals surface area contributed by atoms with Gasteiger partial charge < -0.3 is 138 Å². The van der Waals surface area contributed by atoms with Crippen LogP contribution in [0.2, 0.25) is 20.1 Å². The topological polar surface area (TPSA) is 544 Å². The van der Waals surface area contributed by atoms with Crippen LogP contribution >= 0.6 is 46.4 Å². The summed E-state index contributed by atoms with van der Waals surface area (Å²) in [5.74, 6) is -14.2. The maximum absolute atomic E-state index is 16.4. The van der Waals surface area contributed by atoms with E-state index >= 15 is 24.0 Å². The number of ether oxygens (including phenoxy) is 7. The zero-order valence-electron chi connectivity index (χ0n) is 66.8. The Morgan fingerprint density at radius 2 is 1.30 bits per heavy atom. The Labute approximate surface area is 724 Å². The summed E-state index contributed by atoms with van der Waals surface area (Å²) < 4.78 is 45.7. The second kappa shape index (κ2) is 39.6. The molecule has 8 amide bonds. The number of fused-ring (bicyclic) bond motifs is 15. The van der Waals surface area contributed by atoms with E-state index in [1.165, 1.54) is 25.2 Å². The molecule has 11 bridgehead atoms. The standard InChI is InChI=1S/C84H95Cl4N11O24/c1-36(2)22-52(91-5)76(110)98-67-69(105)41-12-18-56(50(87)25-41)119-58-27-43-28-59(73(58)123-83-74(72(108)71(107)60(34-100)121-83)122-62-32-84(4,75(109)37(3)118-62)93-33-38-8-14-45(15-9-38)117-35-39-10-16-48(85)49(86)23-39)120-57-19-13-42(26-51(57)88)70(106)68-82(116)97-66(78(112)92-21-7-6-20-89)47-29-44(101)30-55(103)63(47)46-24-40(11-17-54(46)102)64(79(113)99-68)96-80(114)65(43)95-77(111)53(31-61(90)104)94-81(67)115/h8-19,23-30,36-37,52-53,60,62,64-72,74-75,83,91,93,100-103,105-109H,6-7,20-22,31-35,89H2,1-5H3,(H2,90,104)(H,92,112)(H,94,115)(H,95,111)(H,96,114)(H,97,116)(H,98,110)(H,99,113)/t37?,52-,53+,60?,62?,64?,65-,66-,67-,68+,69-,70-,71?,72?,74?,75?,83?,84?/m1/s1. The molecule has 0 radical (unpaired) electrons. The molecule has 7 aliphatic rings. The fourth-order valence-electron chi connectivity index (χ4n) is 15.0. The predicted octanol–water partition coefficient (Wildman–Crippen LogP) is 4.59. The van der Waals surface area contributed by atoms with E-state index in [2.05, 4.69) is 47.9 Å². The molecule has 22 N–H and O–H groups in total. The maximum Gasteiger partial charge on any atom is 0.248 e. The Morgan fingerprint density at radius 3 is 1.93 bits per heavy atom. The van der Waals surface area contributed by atoms with E-state index in [0.29, 0.717) is 28.6 Å². The number of amides is 8. The minimum Gasteiger partial charge on any atom is -0.508 e. The molecule has 35 nitrogen and oxygen atoms in total. The molecule has 2 saturated heterocycles. The predicted molar refractivity (Wildman–Crippen MR) is 443 cm³/mol. The maximum atomic E-state index is 16.4. The Kier molecular flexibility index (Phi) is 29.6. The first-order chi connectivity index (χ1) is 58.5. The number of benzene rings is 7. The fourth-order valence-corrected chi connectivity index (χ4v) is 15.8. The third kappa shape index (κ3) is 21.2. The highest BCUT2D eigenvalue weighted by Crippen LogP contribution is 2.50. The highest BCUT2D eigenvalue weighted by atomic mass is 35.5. The van der Waals surface area contributed by atoms with Gasteiger partial charge in [-0.05, 0) is 170 Å². The van der Waals surface area contributed by atoms with Crippen molar-refractivity contribution in [1.82, 2.24) is 47.9 Å². The van der Waals surface area contributed by atoms with Gasteiger partial charge in [-0.1, -0.05) is 96.6 Å². The van der Waals surface area contributed by atoms with Crippen LogP contribution in [-0.2, 0) is 65.7 Å². The smallest absolute Gasteiger partial charge is 0.248 e. The first-order valence-corrected chi connectivity index (χ1v) is 40.9. The number of hydrogen-bond acceptors (Lipinski definition) is 27. The van der Waals surface area contributed by atoms with Gasteiger partial charge in [0.25, 0.3) is 0 Å². The second-order valence-electron chi connectivity index (χ2n) is 31.1. The molecule has 0 saturated carbocycles. The molecular formula is C84H95Cl4N11O24. The third-order valence-corrected chi connectivity index (χ3v) is 23.0. The van der Waals surface area contributed by atoms with Crippen LogP contribution in [0.1, 0.15) is 129 Å². The average Bonchev–Trinajstić information content (AvgIpc) is 0.761. The number of aliphatic hydroxyl groups excluding tert-OH is 6. The summed E-state index contributed by atoms with van der Waals surface area (Å²) in [6.07, 6.45) is -18.0. The summed E-state index contributed by atoms with van der Waals surface area (Å²) in [4.78, 5) is 120. The Bertz CT molecular complexity index is 5120. The van der Waals surface area contributed by atoms with Crippen molar-refractivity contribution in [3.63, 3.8) is 0 Å². The number of carbonyl (C=O) groups excluding carboxylic acids is 8. The van der Waals surface area contributed by atoms with E-state index in [9.17, 15) is 60.3 Å². The Balaban J connectivity index is 1.02. The van der Waals surface area contributed by atoms with Gasteiger partial charge in [-0.15, -0.1) is 0 Å². The number of rotatable bonds is 23. The van der Waals surface area contributed by atoms with Gasteiger partial charge in [0.1, 0.15) is 108 Å². The molecule has 7 heterocycles. The van der Waals surface area contributed by atoms with Gasteiger partial charge in [-0.2, -0.15) is 0 Å². The lowest BCUT2D eigenvalue weighted by Crippen LogP contribution is -2.65. The average molecular weight is 1780 g/mol. The van der Waals surface area contributed by atoms with Gasteiger partial charge >= 0.3 is 0 Å². The van der Waals surface area contributed by atoms with Gasteiger partial charge in [-0.25, -0.2) is 0 Å². The number of phenolic OH excluding ortho intramolecular Hbond substituents is 3. The number of aliphatic hydroxyl groups is 6. The molecule has 7 aromatic carbocycles. The van der Waals surface area contributed by atoms with Gasteiger partial charge in [-0.3, -0.25) is 38.4 Å². The lowest BCUT2D eigenvalue weighted by atomic mass is 9.84. The van der Waals surface area contributed by atoms with Gasteiger partial charge in [0.15, 0.2) is 23.9 Å². The number of nitrogens with two attached hydrogens (primary N) is 2. The van der Waals surface area contributed by atoms with Crippen molar-refractivity contribution in [2.24, 2.45) is 17.4 Å². The number of unbranched alkanes of at least 4 members (excludes halogenated alkanes) is 1. The molecule has 18 atom stereocenters. The first-order valence-electron chi connectivity index (χ1n) is 39.4. The third-order valence-electron chi connectivity index (χ3n) is 21.7. The molecule has 658 valence electrons. The number of carbonyl (C=O) groups is 8. The molecule has 14 rings (SSSR count). The molecule has 0 aliphatic carbocycles. The number of likely N-dealkylation sites (N-methyl/N-ethyl adjacent to an activating group) is 1. The van der Waals surface area contributed by atoms with Crippen molar-refractivity contribution in [2.45, 2.75) is 182 Å². The highest BCUT2D eigenvalue weighted by Gasteiger charge is 2.52. The van der Waals surface area contributed by atoms with E-state index in [1.807, 2.05) is 13.8 Å². The van der Waals surface area contributed by atoms with Crippen molar-refractivity contribution in [3.05, 3.63) is 180 Å². The van der Waals surface area contributed by atoms with Crippen molar-refractivity contribution in [1.29, 1.82) is 0 Å². The summed E-state index contributed by atoms with van der Waals surface area (Å²) in [5.41, 5.74) is 9.47. The Morgan fingerprint density at radius 1 is 0.659 bits per heavy atom. The molecule has 2 fully saturated rings. The molecule has 0 aromatic heterocycles. The SMILES string of the molecule is CN[C@H](CC(C)C)C(=O)N[C@H]1C(=O)N[C@@H](CC(N)=O)C(=O)N[C@H]2C(=O)NC3C(=O)N[C@H](C(=O)N[C@@H](C(=O)NCCCCN)c4cc(O)cc(O)c4-c4cc3ccc4O)[C@H](O)c3ccc(c(Cl)c3)Oc3cc2cc(c3OC2OC(CO)C(O)C(O)C2OC2CC(C)(NCc3ccc(OCc4ccc(Cl)c(Cl)c4)cc3)C(O)C(C)O2)Oc2ccc(cc2Cl)[C@H]1O. The van der Waals surface area contributed by atoms with Crippen molar-refractivity contribution in [3.8, 4) is 62.9 Å². The zero-order chi connectivity index (χ0) is 88.7. The van der Waals surface area contributed by atoms with E-state index < -0.39 is 220 Å². The largest absolute Gasteiger partial charge is 0.508 e. The molecule has 7 aromatic rings. The van der Waals surface area contributed by atoms with Gasteiger partial charge in [0.05, 0.1) is 51.4 Å². The van der Waals surface area contributed by atoms with Crippen LogP contribution in [-0.4, -0.2) is 199 Å². The van der Waals surface area contributed by atoms with E-state index in [4.69, 9.17) is 91.0 Å². The molecule has 123 heavy (non-hydrogen) atoms. The van der Waals surface area contributed by atoms with Crippen molar-refractivity contribution >= 4 is 93.7 Å². The quantitative estimate of drug-likeness (QED) is 0.0389. The first kappa shape index (κ1) is 91.8. The number of phenols is 3. The van der Waals surface area contributed by atoms with E-state index in [0.717, 1.165) is 71.8 Å². The number of aromatic hydroxyl groups is 3. The monoisotopic (exact) mass is 1780 g/mol. The summed E-state index contributed by atoms with van der Waals surface area (Å²) in [6.45, 7) is 6.48.